The van der Waals surface area contributed by atoms with E-state index in [0.29, 0.717) is 30.0 Å². The fourth-order valence-corrected chi connectivity index (χ4v) is 2.77. The second kappa shape index (κ2) is 7.46. The van der Waals surface area contributed by atoms with Crippen LogP contribution in [0.3, 0.4) is 0 Å². The number of hydrogen-bond acceptors (Lipinski definition) is 3. The maximum atomic E-state index is 5.61. The molecule has 1 aliphatic rings. The van der Waals surface area contributed by atoms with E-state index in [1.54, 1.807) is 0 Å². The predicted molar refractivity (Wildman–Crippen MR) is 77.9 cm³/mol. The molecule has 3 heteroatoms. The molecule has 1 heterocycles. The third kappa shape index (κ3) is 4.22. The van der Waals surface area contributed by atoms with E-state index in [4.69, 9.17) is 4.74 Å². The van der Waals surface area contributed by atoms with E-state index >= 15 is 0 Å². The lowest BCUT2D eigenvalue weighted by atomic mass is 9.93. The van der Waals surface area contributed by atoms with Crippen molar-refractivity contribution in [3.05, 3.63) is 0 Å². The summed E-state index contributed by atoms with van der Waals surface area (Å²) < 4.78 is 5.61. The molecule has 0 spiro atoms. The van der Waals surface area contributed by atoms with Gasteiger partial charge in [-0.2, -0.15) is 0 Å². The summed E-state index contributed by atoms with van der Waals surface area (Å²) >= 11 is 0. The van der Waals surface area contributed by atoms with E-state index in [1.807, 2.05) is 0 Å². The number of hydrogen-bond donors (Lipinski definition) is 1. The molecule has 0 bridgehead atoms. The molecular weight excluding hydrogens is 224 g/mol. The fourth-order valence-electron chi connectivity index (χ4n) is 2.77. The second-order valence-corrected chi connectivity index (χ2v) is 6.28. The third-order valence-electron chi connectivity index (χ3n) is 4.13. The molecule has 0 aromatic heterocycles. The highest BCUT2D eigenvalue weighted by atomic mass is 16.5. The van der Waals surface area contributed by atoms with Crippen molar-refractivity contribution in [1.29, 1.82) is 0 Å². The van der Waals surface area contributed by atoms with Crippen molar-refractivity contribution >= 4 is 0 Å². The first-order valence-electron chi connectivity index (χ1n) is 7.54. The zero-order chi connectivity index (χ0) is 13.7. The number of piperazine rings is 1. The number of nitrogens with one attached hydrogen (secondary N) is 1. The van der Waals surface area contributed by atoms with Crippen molar-refractivity contribution in [2.75, 3.05) is 26.3 Å². The average Bonchev–Trinajstić information content (AvgIpc) is 2.34. The number of ether oxygens (including phenoxy) is 1. The van der Waals surface area contributed by atoms with Gasteiger partial charge >= 0.3 is 0 Å². The molecule has 1 N–H and O–H groups in total. The standard InChI is InChI=1S/C15H32N2O/c1-7-18-10-13(6)17-9-14(11(2)3)16-8-15(17)12(4)5/h11-16H,7-10H2,1-6H3. The van der Waals surface area contributed by atoms with Crippen LogP contribution in [0.4, 0.5) is 0 Å². The first-order valence-corrected chi connectivity index (χ1v) is 7.54. The molecule has 0 radical (unpaired) electrons. The van der Waals surface area contributed by atoms with E-state index in [9.17, 15) is 0 Å². The Kier molecular flexibility index (Phi) is 6.61. The van der Waals surface area contributed by atoms with Gasteiger partial charge in [0.05, 0.1) is 6.61 Å². The minimum atomic E-state index is 0.515. The molecule has 0 aromatic rings. The molecular formula is C15H32N2O. The van der Waals surface area contributed by atoms with Crippen LogP contribution in [-0.2, 0) is 4.74 Å². The van der Waals surface area contributed by atoms with E-state index < -0.39 is 0 Å². The van der Waals surface area contributed by atoms with Crippen molar-refractivity contribution in [3.8, 4) is 0 Å². The van der Waals surface area contributed by atoms with E-state index in [2.05, 4.69) is 51.8 Å². The Balaban J connectivity index is 2.65. The molecule has 1 saturated heterocycles. The van der Waals surface area contributed by atoms with E-state index in [0.717, 1.165) is 26.3 Å². The molecule has 1 fully saturated rings. The summed E-state index contributed by atoms with van der Waals surface area (Å²) in [6, 6.07) is 1.76. The highest BCUT2D eigenvalue weighted by molar-refractivity contribution is 4.91. The predicted octanol–water partition coefficient (Wildman–Crippen LogP) is 2.37. The van der Waals surface area contributed by atoms with E-state index in [-0.39, 0.29) is 0 Å². The molecule has 0 amide bonds. The van der Waals surface area contributed by atoms with Crippen LogP contribution < -0.4 is 5.32 Å². The van der Waals surface area contributed by atoms with Crippen LogP contribution >= 0.6 is 0 Å². The van der Waals surface area contributed by atoms with Gasteiger partial charge in [0.25, 0.3) is 0 Å². The Morgan fingerprint density at radius 3 is 2.33 bits per heavy atom. The topological polar surface area (TPSA) is 24.5 Å². The largest absolute Gasteiger partial charge is 0.380 e. The Morgan fingerprint density at radius 2 is 1.83 bits per heavy atom. The van der Waals surface area contributed by atoms with Crippen LogP contribution in [0.5, 0.6) is 0 Å². The van der Waals surface area contributed by atoms with Crippen LogP contribution in [0.25, 0.3) is 0 Å². The van der Waals surface area contributed by atoms with Gasteiger partial charge in [-0.25, -0.2) is 0 Å². The average molecular weight is 256 g/mol. The van der Waals surface area contributed by atoms with Crippen LogP contribution in [0, 0.1) is 11.8 Å². The Hall–Kier alpha value is -0.120. The quantitative estimate of drug-likeness (QED) is 0.789. The maximum absolute atomic E-state index is 5.61. The zero-order valence-corrected chi connectivity index (χ0v) is 13.1. The summed E-state index contributed by atoms with van der Waals surface area (Å²) in [7, 11) is 0. The van der Waals surface area contributed by atoms with Crippen LogP contribution in [0.2, 0.25) is 0 Å². The minimum absolute atomic E-state index is 0.515. The van der Waals surface area contributed by atoms with Crippen molar-refractivity contribution < 1.29 is 4.74 Å². The summed E-state index contributed by atoms with van der Waals surface area (Å²) in [5, 5.41) is 3.71. The summed E-state index contributed by atoms with van der Waals surface area (Å²) in [5.74, 6) is 1.38. The molecule has 0 aliphatic carbocycles. The normalized spacial score (nSPS) is 28.0. The highest BCUT2D eigenvalue weighted by Gasteiger charge is 2.33. The van der Waals surface area contributed by atoms with E-state index in [1.165, 1.54) is 0 Å². The molecule has 18 heavy (non-hydrogen) atoms. The lowest BCUT2D eigenvalue weighted by molar-refractivity contribution is 0.00810. The van der Waals surface area contributed by atoms with Gasteiger partial charge < -0.3 is 10.1 Å². The van der Waals surface area contributed by atoms with Crippen LogP contribution in [0.15, 0.2) is 0 Å². The van der Waals surface area contributed by atoms with Crippen LogP contribution in [0.1, 0.15) is 41.5 Å². The molecule has 1 aliphatic heterocycles. The van der Waals surface area contributed by atoms with Crippen molar-refractivity contribution in [2.24, 2.45) is 11.8 Å². The molecule has 3 unspecified atom stereocenters. The molecule has 0 aromatic carbocycles. The van der Waals surface area contributed by atoms with Gasteiger partial charge in [0.1, 0.15) is 0 Å². The van der Waals surface area contributed by atoms with Crippen molar-refractivity contribution in [2.45, 2.75) is 59.7 Å². The third-order valence-corrected chi connectivity index (χ3v) is 4.13. The second-order valence-electron chi connectivity index (χ2n) is 6.28. The molecule has 1 rings (SSSR count). The fraction of sp³-hybridized carbons (Fsp3) is 1.00. The summed E-state index contributed by atoms with van der Waals surface area (Å²) in [4.78, 5) is 2.65. The first-order chi connectivity index (χ1) is 8.47. The Morgan fingerprint density at radius 1 is 1.17 bits per heavy atom. The number of nitrogens with zero attached hydrogens (tertiary/aromatic N) is 1. The van der Waals surface area contributed by atoms with Crippen LogP contribution in [-0.4, -0.2) is 49.3 Å². The number of rotatable bonds is 6. The maximum Gasteiger partial charge on any atom is 0.0619 e. The van der Waals surface area contributed by atoms with Gasteiger partial charge in [-0.1, -0.05) is 27.7 Å². The smallest absolute Gasteiger partial charge is 0.0619 e. The Bertz CT molecular complexity index is 231. The van der Waals surface area contributed by atoms with Gasteiger partial charge in [-0.15, -0.1) is 0 Å². The Labute approximate surface area is 113 Å². The molecule has 3 atom stereocenters. The lowest BCUT2D eigenvalue weighted by Gasteiger charge is -2.46. The SMILES string of the molecule is CCOCC(C)N1CC(C(C)C)NCC1C(C)C. The van der Waals surface area contributed by atoms with Gasteiger partial charge in [0.15, 0.2) is 0 Å². The summed E-state index contributed by atoms with van der Waals surface area (Å²) in [5.41, 5.74) is 0. The van der Waals surface area contributed by atoms with Crippen molar-refractivity contribution in [1.82, 2.24) is 10.2 Å². The monoisotopic (exact) mass is 256 g/mol. The lowest BCUT2D eigenvalue weighted by Crippen LogP contribution is -2.62. The molecule has 0 saturated carbocycles. The summed E-state index contributed by atoms with van der Waals surface area (Å²) in [6.45, 7) is 17.5. The van der Waals surface area contributed by atoms with Gasteiger partial charge in [-0.3, -0.25) is 4.90 Å². The molecule has 3 nitrogen and oxygen atoms in total. The van der Waals surface area contributed by atoms with Gasteiger partial charge in [0.2, 0.25) is 0 Å². The van der Waals surface area contributed by atoms with Gasteiger partial charge in [-0.05, 0) is 25.7 Å². The van der Waals surface area contributed by atoms with Crippen molar-refractivity contribution in [3.63, 3.8) is 0 Å². The van der Waals surface area contributed by atoms with Gasteiger partial charge in [0, 0.05) is 37.8 Å². The first kappa shape index (κ1) is 15.9. The summed E-state index contributed by atoms with van der Waals surface area (Å²) in [6.07, 6.45) is 0. The highest BCUT2D eigenvalue weighted by Crippen LogP contribution is 2.20. The zero-order valence-electron chi connectivity index (χ0n) is 13.1. The minimum Gasteiger partial charge on any atom is -0.380 e. The molecule has 108 valence electrons.